The summed E-state index contributed by atoms with van der Waals surface area (Å²) in [5.41, 5.74) is 0.835. The van der Waals surface area contributed by atoms with E-state index in [1.54, 1.807) is 0 Å². The molecule has 1 saturated heterocycles. The maximum absolute atomic E-state index is 11.8. The standard InChI is InChI=1S/C14H17BrN2O4S/c15-12-4-2-1-3-10(12)7-13(18)16-8-14(19)17-11-5-6-22(20,21)9-11/h1-4,11H,5-9H2,(H,16,18)(H,17,19). The van der Waals surface area contributed by atoms with Crippen LogP contribution < -0.4 is 10.6 Å². The van der Waals surface area contributed by atoms with Gasteiger partial charge in [-0.05, 0) is 18.1 Å². The summed E-state index contributed by atoms with van der Waals surface area (Å²) in [5, 5.41) is 5.15. The number of hydrogen-bond donors (Lipinski definition) is 2. The van der Waals surface area contributed by atoms with E-state index in [1.807, 2.05) is 24.3 Å². The van der Waals surface area contributed by atoms with E-state index in [0.29, 0.717) is 6.42 Å². The first-order valence-electron chi connectivity index (χ1n) is 6.85. The van der Waals surface area contributed by atoms with Crippen LogP contribution in [0.4, 0.5) is 0 Å². The molecule has 0 radical (unpaired) electrons. The van der Waals surface area contributed by atoms with Crippen molar-refractivity contribution in [2.75, 3.05) is 18.1 Å². The van der Waals surface area contributed by atoms with Gasteiger partial charge in [-0.25, -0.2) is 8.42 Å². The second-order valence-corrected chi connectivity index (χ2v) is 8.30. The molecule has 1 fully saturated rings. The summed E-state index contributed by atoms with van der Waals surface area (Å²) < 4.78 is 23.4. The van der Waals surface area contributed by atoms with E-state index >= 15 is 0 Å². The van der Waals surface area contributed by atoms with Crippen LogP contribution in [0.3, 0.4) is 0 Å². The molecule has 2 rings (SSSR count). The van der Waals surface area contributed by atoms with Crippen molar-refractivity contribution in [1.82, 2.24) is 10.6 Å². The lowest BCUT2D eigenvalue weighted by Gasteiger charge is -2.11. The zero-order valence-electron chi connectivity index (χ0n) is 11.8. The normalized spacial score (nSPS) is 19.6. The summed E-state index contributed by atoms with van der Waals surface area (Å²) in [6.45, 7) is -0.153. The monoisotopic (exact) mass is 388 g/mol. The van der Waals surface area contributed by atoms with Crippen molar-refractivity contribution in [3.05, 3.63) is 34.3 Å². The molecule has 1 aliphatic rings. The Labute approximate surface area is 137 Å². The van der Waals surface area contributed by atoms with Crippen LogP contribution in [0.1, 0.15) is 12.0 Å². The Morgan fingerprint density at radius 1 is 1.23 bits per heavy atom. The van der Waals surface area contributed by atoms with Crippen molar-refractivity contribution in [2.24, 2.45) is 0 Å². The minimum absolute atomic E-state index is 0.0242. The molecule has 22 heavy (non-hydrogen) atoms. The van der Waals surface area contributed by atoms with Crippen LogP contribution >= 0.6 is 15.9 Å². The Morgan fingerprint density at radius 3 is 2.59 bits per heavy atom. The third kappa shape index (κ3) is 5.10. The SMILES string of the molecule is O=C(Cc1ccccc1Br)NCC(=O)NC1CCS(=O)(=O)C1. The van der Waals surface area contributed by atoms with Crippen LogP contribution in [-0.4, -0.2) is 44.3 Å². The Bertz CT molecular complexity index is 675. The molecule has 0 bridgehead atoms. The summed E-state index contributed by atoms with van der Waals surface area (Å²) >= 11 is 3.36. The summed E-state index contributed by atoms with van der Waals surface area (Å²) in [4.78, 5) is 23.5. The molecule has 1 atom stereocenters. The fraction of sp³-hybridized carbons (Fsp3) is 0.429. The minimum Gasteiger partial charge on any atom is -0.351 e. The highest BCUT2D eigenvalue weighted by molar-refractivity contribution is 9.10. The third-order valence-corrected chi connectivity index (χ3v) is 5.89. The smallest absolute Gasteiger partial charge is 0.239 e. The van der Waals surface area contributed by atoms with E-state index < -0.39 is 9.84 Å². The molecule has 0 saturated carbocycles. The quantitative estimate of drug-likeness (QED) is 0.763. The first kappa shape index (κ1) is 17.0. The van der Waals surface area contributed by atoms with Crippen LogP contribution in [0.5, 0.6) is 0 Å². The fourth-order valence-corrected chi connectivity index (χ4v) is 4.34. The molecule has 0 spiro atoms. The van der Waals surface area contributed by atoms with Gasteiger partial charge < -0.3 is 10.6 Å². The molecule has 1 unspecified atom stereocenters. The van der Waals surface area contributed by atoms with Gasteiger partial charge in [-0.15, -0.1) is 0 Å². The summed E-state index contributed by atoms with van der Waals surface area (Å²) in [6.07, 6.45) is 0.603. The first-order chi connectivity index (χ1) is 10.4. The summed E-state index contributed by atoms with van der Waals surface area (Å²) in [5.74, 6) is -0.556. The van der Waals surface area contributed by atoms with E-state index in [0.717, 1.165) is 10.0 Å². The van der Waals surface area contributed by atoms with Gasteiger partial charge in [0.1, 0.15) is 0 Å². The lowest BCUT2D eigenvalue weighted by Crippen LogP contribution is -2.42. The number of rotatable bonds is 5. The maximum Gasteiger partial charge on any atom is 0.239 e. The van der Waals surface area contributed by atoms with Crippen LogP contribution in [0.15, 0.2) is 28.7 Å². The van der Waals surface area contributed by atoms with Gasteiger partial charge in [0, 0.05) is 10.5 Å². The van der Waals surface area contributed by atoms with Gasteiger partial charge in [-0.2, -0.15) is 0 Å². The zero-order valence-corrected chi connectivity index (χ0v) is 14.2. The van der Waals surface area contributed by atoms with Gasteiger partial charge in [0.15, 0.2) is 9.84 Å². The molecule has 0 aromatic heterocycles. The lowest BCUT2D eigenvalue weighted by molar-refractivity contribution is -0.126. The highest BCUT2D eigenvalue weighted by Crippen LogP contribution is 2.16. The Kier molecular flexibility index (Phi) is 5.57. The number of nitrogens with one attached hydrogen (secondary N) is 2. The maximum atomic E-state index is 11.8. The highest BCUT2D eigenvalue weighted by atomic mass is 79.9. The van der Waals surface area contributed by atoms with Crippen LogP contribution in [0, 0.1) is 0 Å². The average Bonchev–Trinajstić information content (AvgIpc) is 2.78. The molecule has 1 aromatic carbocycles. The number of hydrogen-bond acceptors (Lipinski definition) is 4. The van der Waals surface area contributed by atoms with Gasteiger partial charge in [0.05, 0.1) is 24.5 Å². The lowest BCUT2D eigenvalue weighted by atomic mass is 10.1. The zero-order chi connectivity index (χ0) is 16.2. The fourth-order valence-electron chi connectivity index (χ4n) is 2.24. The van der Waals surface area contributed by atoms with Crippen LogP contribution in [-0.2, 0) is 25.8 Å². The van der Waals surface area contributed by atoms with E-state index in [4.69, 9.17) is 0 Å². The Balaban J connectivity index is 1.74. The average molecular weight is 389 g/mol. The number of amides is 2. The second kappa shape index (κ2) is 7.23. The number of carbonyl (C=O) groups is 2. The van der Waals surface area contributed by atoms with Gasteiger partial charge in [-0.3, -0.25) is 9.59 Å². The predicted octanol–water partition coefficient (Wildman–Crippen LogP) is 0.411. The van der Waals surface area contributed by atoms with Crippen molar-refractivity contribution >= 4 is 37.6 Å². The highest BCUT2D eigenvalue weighted by Gasteiger charge is 2.28. The largest absolute Gasteiger partial charge is 0.351 e. The number of benzene rings is 1. The van der Waals surface area contributed by atoms with Crippen molar-refractivity contribution in [2.45, 2.75) is 18.9 Å². The molecule has 2 N–H and O–H groups in total. The molecule has 6 nitrogen and oxygen atoms in total. The first-order valence-corrected chi connectivity index (χ1v) is 9.47. The number of sulfone groups is 1. The predicted molar refractivity (Wildman–Crippen MR) is 86.1 cm³/mol. The molecule has 8 heteroatoms. The third-order valence-electron chi connectivity index (χ3n) is 3.35. The second-order valence-electron chi connectivity index (χ2n) is 5.21. The van der Waals surface area contributed by atoms with Crippen molar-refractivity contribution < 1.29 is 18.0 Å². The summed E-state index contributed by atoms with van der Waals surface area (Å²) in [6, 6.07) is 7.01. The molecule has 1 aliphatic heterocycles. The van der Waals surface area contributed by atoms with Crippen LogP contribution in [0.2, 0.25) is 0 Å². The van der Waals surface area contributed by atoms with Crippen LogP contribution in [0.25, 0.3) is 0 Å². The minimum atomic E-state index is -3.03. The van der Waals surface area contributed by atoms with Crippen molar-refractivity contribution in [1.29, 1.82) is 0 Å². The number of carbonyl (C=O) groups excluding carboxylic acids is 2. The Hall–Kier alpha value is -1.41. The van der Waals surface area contributed by atoms with Crippen molar-refractivity contribution in [3.63, 3.8) is 0 Å². The van der Waals surface area contributed by atoms with Gasteiger partial charge in [0.2, 0.25) is 11.8 Å². The van der Waals surface area contributed by atoms with E-state index in [1.165, 1.54) is 0 Å². The molecule has 1 heterocycles. The molecular formula is C14H17BrN2O4S. The molecule has 1 aromatic rings. The molecule has 2 amide bonds. The Morgan fingerprint density at radius 2 is 1.95 bits per heavy atom. The molecule has 0 aliphatic carbocycles. The summed E-state index contributed by atoms with van der Waals surface area (Å²) in [7, 11) is -3.03. The topological polar surface area (TPSA) is 92.3 Å². The van der Waals surface area contributed by atoms with E-state index in [2.05, 4.69) is 26.6 Å². The van der Waals surface area contributed by atoms with Gasteiger partial charge in [0.25, 0.3) is 0 Å². The molecule has 120 valence electrons. The van der Waals surface area contributed by atoms with E-state index in [9.17, 15) is 18.0 Å². The van der Waals surface area contributed by atoms with Gasteiger partial charge >= 0.3 is 0 Å². The van der Waals surface area contributed by atoms with E-state index in [-0.39, 0.29) is 42.3 Å². The molecular weight excluding hydrogens is 372 g/mol. The van der Waals surface area contributed by atoms with Gasteiger partial charge in [-0.1, -0.05) is 34.1 Å². The number of halogens is 1. The van der Waals surface area contributed by atoms with Crippen molar-refractivity contribution in [3.8, 4) is 0 Å².